The molecule has 0 saturated heterocycles. The monoisotopic (exact) mass is 253 g/mol. The van der Waals surface area contributed by atoms with Gasteiger partial charge < -0.3 is 20.3 Å². The Bertz CT molecular complexity index is 446. The molecule has 0 aliphatic carbocycles. The third kappa shape index (κ3) is 3.28. The summed E-state index contributed by atoms with van der Waals surface area (Å²) in [6.07, 6.45) is -3.18. The second kappa shape index (κ2) is 6.13. The maximum absolute atomic E-state index is 11.1. The molecule has 0 aromatic heterocycles. The van der Waals surface area contributed by atoms with Crippen molar-refractivity contribution in [3.8, 4) is 0 Å². The number of hydrogen-bond donors (Lipinski definition) is 3. The molecule has 0 aliphatic rings. The molecule has 2 atom stereocenters. The number of carbonyl (C=O) groups is 2. The molecule has 2 unspecified atom stereocenters. The summed E-state index contributed by atoms with van der Waals surface area (Å²) in [6, 6.07) is 6.34. The molecule has 3 N–H and O–H groups in total. The Balaban J connectivity index is 3.01. The van der Waals surface area contributed by atoms with Crippen molar-refractivity contribution in [3.63, 3.8) is 0 Å². The first-order valence-corrected chi connectivity index (χ1v) is 5.28. The molecule has 0 fully saturated rings. The van der Waals surface area contributed by atoms with Gasteiger partial charge in [0.05, 0.1) is 7.11 Å². The Morgan fingerprint density at radius 2 is 1.89 bits per heavy atom. The van der Waals surface area contributed by atoms with Gasteiger partial charge in [-0.25, -0.2) is 4.79 Å². The van der Waals surface area contributed by atoms with Crippen LogP contribution >= 0.6 is 0 Å². The van der Waals surface area contributed by atoms with Gasteiger partial charge in [0.25, 0.3) is 0 Å². The van der Waals surface area contributed by atoms with Crippen LogP contribution in [0.4, 0.5) is 5.69 Å². The van der Waals surface area contributed by atoms with Crippen molar-refractivity contribution in [2.24, 2.45) is 0 Å². The first-order valence-electron chi connectivity index (χ1n) is 5.28. The zero-order valence-corrected chi connectivity index (χ0v) is 10.1. The number of methoxy groups -OCH3 is 1. The molecule has 0 heterocycles. The van der Waals surface area contributed by atoms with Crippen molar-refractivity contribution in [2.45, 2.75) is 19.1 Å². The zero-order valence-electron chi connectivity index (χ0n) is 10.1. The highest BCUT2D eigenvalue weighted by Crippen LogP contribution is 2.25. The lowest BCUT2D eigenvalue weighted by atomic mass is 10.0. The smallest absolute Gasteiger partial charge is 0.337 e. The number of aliphatic hydroxyl groups is 2. The molecule has 98 valence electrons. The Morgan fingerprint density at radius 1 is 1.28 bits per heavy atom. The fourth-order valence-electron chi connectivity index (χ4n) is 1.48. The molecule has 1 aromatic rings. The van der Waals surface area contributed by atoms with Crippen molar-refractivity contribution in [1.82, 2.24) is 0 Å². The quantitative estimate of drug-likeness (QED) is 0.667. The molecule has 0 saturated carbocycles. The van der Waals surface area contributed by atoms with Gasteiger partial charge in [0.15, 0.2) is 6.10 Å². The lowest BCUT2D eigenvalue weighted by molar-refractivity contribution is -0.156. The summed E-state index contributed by atoms with van der Waals surface area (Å²) in [7, 11) is 1.11. The molecule has 0 spiro atoms. The Kier molecular flexibility index (Phi) is 4.82. The van der Waals surface area contributed by atoms with E-state index in [2.05, 4.69) is 10.1 Å². The van der Waals surface area contributed by atoms with Gasteiger partial charge >= 0.3 is 5.97 Å². The largest absolute Gasteiger partial charge is 0.467 e. The van der Waals surface area contributed by atoms with Crippen molar-refractivity contribution >= 4 is 17.6 Å². The highest BCUT2D eigenvalue weighted by Gasteiger charge is 2.28. The van der Waals surface area contributed by atoms with Crippen LogP contribution in [0.3, 0.4) is 0 Å². The average molecular weight is 253 g/mol. The van der Waals surface area contributed by atoms with Gasteiger partial charge in [0.2, 0.25) is 5.91 Å². The number of esters is 1. The number of amides is 1. The van der Waals surface area contributed by atoms with Crippen LogP contribution in [-0.2, 0) is 14.3 Å². The van der Waals surface area contributed by atoms with Crippen LogP contribution in [0.15, 0.2) is 24.3 Å². The third-order valence-electron chi connectivity index (χ3n) is 2.33. The van der Waals surface area contributed by atoms with Crippen LogP contribution in [-0.4, -0.2) is 35.3 Å². The number of nitrogens with one attached hydrogen (secondary N) is 1. The molecule has 6 heteroatoms. The van der Waals surface area contributed by atoms with E-state index in [-0.39, 0.29) is 11.5 Å². The third-order valence-corrected chi connectivity index (χ3v) is 2.33. The minimum atomic E-state index is -1.70. The minimum Gasteiger partial charge on any atom is -0.467 e. The number of ether oxygens (including phenoxy) is 1. The van der Waals surface area contributed by atoms with E-state index in [0.29, 0.717) is 5.69 Å². The van der Waals surface area contributed by atoms with Gasteiger partial charge in [-0.2, -0.15) is 0 Å². The summed E-state index contributed by atoms with van der Waals surface area (Å²) in [6.45, 7) is 1.32. The van der Waals surface area contributed by atoms with Gasteiger partial charge in [0.1, 0.15) is 6.10 Å². The molecular formula is C12H15NO5. The molecule has 18 heavy (non-hydrogen) atoms. The molecule has 0 bridgehead atoms. The van der Waals surface area contributed by atoms with E-state index < -0.39 is 18.2 Å². The van der Waals surface area contributed by atoms with E-state index in [1.54, 1.807) is 18.2 Å². The maximum atomic E-state index is 11.1. The molecule has 0 aliphatic heterocycles. The SMILES string of the molecule is COC(=O)C(O)C(O)c1ccccc1NC(C)=O. The summed E-state index contributed by atoms with van der Waals surface area (Å²) in [5.74, 6) is -1.26. The number of anilines is 1. The normalized spacial score (nSPS) is 13.6. The van der Waals surface area contributed by atoms with Crippen molar-refractivity contribution < 1.29 is 24.5 Å². The number of rotatable bonds is 4. The zero-order chi connectivity index (χ0) is 13.7. The number of aliphatic hydroxyl groups excluding tert-OH is 2. The van der Waals surface area contributed by atoms with E-state index in [1.165, 1.54) is 13.0 Å². The predicted molar refractivity (Wildman–Crippen MR) is 63.7 cm³/mol. The Hall–Kier alpha value is -1.92. The van der Waals surface area contributed by atoms with Gasteiger partial charge in [-0.15, -0.1) is 0 Å². The molecule has 0 radical (unpaired) electrons. The van der Waals surface area contributed by atoms with Crippen LogP contribution in [0.5, 0.6) is 0 Å². The summed E-state index contributed by atoms with van der Waals surface area (Å²) >= 11 is 0. The Morgan fingerprint density at radius 3 is 2.44 bits per heavy atom. The lowest BCUT2D eigenvalue weighted by Gasteiger charge is -2.19. The first kappa shape index (κ1) is 14.1. The second-order valence-corrected chi connectivity index (χ2v) is 3.68. The van der Waals surface area contributed by atoms with E-state index in [9.17, 15) is 19.8 Å². The number of para-hydroxylation sites is 1. The lowest BCUT2D eigenvalue weighted by Crippen LogP contribution is -2.29. The molecule has 1 rings (SSSR count). The molecule has 6 nitrogen and oxygen atoms in total. The van der Waals surface area contributed by atoms with E-state index in [4.69, 9.17) is 0 Å². The molecular weight excluding hydrogens is 238 g/mol. The number of carbonyl (C=O) groups excluding carboxylic acids is 2. The van der Waals surface area contributed by atoms with Gasteiger partial charge in [-0.05, 0) is 6.07 Å². The van der Waals surface area contributed by atoms with Crippen LogP contribution in [0.25, 0.3) is 0 Å². The highest BCUT2D eigenvalue weighted by atomic mass is 16.5. The Labute approximate surface area is 104 Å². The van der Waals surface area contributed by atoms with Crippen molar-refractivity contribution in [3.05, 3.63) is 29.8 Å². The predicted octanol–water partition coefficient (Wildman–Crippen LogP) is 0.212. The average Bonchev–Trinajstić information content (AvgIpc) is 2.36. The van der Waals surface area contributed by atoms with E-state index in [1.807, 2.05) is 0 Å². The van der Waals surface area contributed by atoms with Crippen LogP contribution in [0.2, 0.25) is 0 Å². The summed E-state index contributed by atoms with van der Waals surface area (Å²) < 4.78 is 4.34. The maximum Gasteiger partial charge on any atom is 0.337 e. The van der Waals surface area contributed by atoms with Gasteiger partial charge in [-0.1, -0.05) is 18.2 Å². The standard InChI is InChI=1S/C12H15NO5/c1-7(14)13-9-6-4-3-5-8(9)10(15)11(16)12(17)18-2/h3-6,10-11,15-16H,1-2H3,(H,13,14). The second-order valence-electron chi connectivity index (χ2n) is 3.68. The van der Waals surface area contributed by atoms with E-state index >= 15 is 0 Å². The number of benzene rings is 1. The minimum absolute atomic E-state index is 0.241. The van der Waals surface area contributed by atoms with Crippen LogP contribution in [0, 0.1) is 0 Å². The molecule has 1 aromatic carbocycles. The van der Waals surface area contributed by atoms with Gasteiger partial charge in [-0.3, -0.25) is 4.79 Å². The van der Waals surface area contributed by atoms with Crippen LogP contribution < -0.4 is 5.32 Å². The van der Waals surface area contributed by atoms with Crippen molar-refractivity contribution in [2.75, 3.05) is 12.4 Å². The van der Waals surface area contributed by atoms with Crippen LogP contribution in [0.1, 0.15) is 18.6 Å². The molecule has 1 amide bonds. The fraction of sp³-hybridized carbons (Fsp3) is 0.333. The summed E-state index contributed by atoms with van der Waals surface area (Å²) in [5.41, 5.74) is 0.575. The highest BCUT2D eigenvalue weighted by molar-refractivity contribution is 5.89. The topological polar surface area (TPSA) is 95.9 Å². The summed E-state index contributed by atoms with van der Waals surface area (Å²) in [5, 5.41) is 21.9. The van der Waals surface area contributed by atoms with Gasteiger partial charge in [0, 0.05) is 18.2 Å². The fourth-order valence-corrected chi connectivity index (χ4v) is 1.48. The van der Waals surface area contributed by atoms with E-state index in [0.717, 1.165) is 7.11 Å². The first-order chi connectivity index (χ1) is 8.47. The summed E-state index contributed by atoms with van der Waals surface area (Å²) in [4.78, 5) is 22.1. The number of hydrogen-bond acceptors (Lipinski definition) is 5. The van der Waals surface area contributed by atoms with Crippen molar-refractivity contribution in [1.29, 1.82) is 0 Å².